The normalized spacial score (nSPS) is 18.1. The number of hydrogen-bond acceptors (Lipinski definition) is 5. The molecule has 1 aliphatic rings. The van der Waals surface area contributed by atoms with Gasteiger partial charge in [-0.2, -0.15) is 0 Å². The number of ether oxygens (including phenoxy) is 2. The Hall–Kier alpha value is -1.95. The molecule has 1 aliphatic heterocycles. The van der Waals surface area contributed by atoms with Crippen LogP contribution in [0.4, 0.5) is 10.2 Å². The van der Waals surface area contributed by atoms with Crippen molar-refractivity contribution in [2.75, 3.05) is 25.6 Å². The van der Waals surface area contributed by atoms with Gasteiger partial charge in [0.05, 0.1) is 18.7 Å². The van der Waals surface area contributed by atoms with Crippen LogP contribution >= 0.6 is 0 Å². The van der Waals surface area contributed by atoms with Gasteiger partial charge in [-0.15, -0.1) is 0 Å². The van der Waals surface area contributed by atoms with Gasteiger partial charge in [0.25, 0.3) is 0 Å². The zero-order chi connectivity index (χ0) is 14.7. The lowest BCUT2D eigenvalue weighted by atomic mass is 10.2. The Labute approximate surface area is 122 Å². The molecule has 21 heavy (non-hydrogen) atoms. The highest BCUT2D eigenvalue weighted by atomic mass is 19.1. The standard InChI is InChI=1S/C15H18FN3O2/c1-20-14-7-11-13(8-12(14)16)18-9-19-15(11)17-5-4-10-3-2-6-21-10/h7-10H,2-6H2,1H3,(H,17,18,19). The van der Waals surface area contributed by atoms with Crippen molar-refractivity contribution in [2.24, 2.45) is 0 Å². The molecular formula is C15H18FN3O2. The van der Waals surface area contributed by atoms with E-state index >= 15 is 0 Å². The first-order valence-corrected chi connectivity index (χ1v) is 7.11. The van der Waals surface area contributed by atoms with E-state index in [9.17, 15) is 4.39 Å². The third-order valence-electron chi connectivity index (χ3n) is 3.69. The van der Waals surface area contributed by atoms with E-state index in [0.29, 0.717) is 17.4 Å². The fourth-order valence-corrected chi connectivity index (χ4v) is 2.58. The van der Waals surface area contributed by atoms with E-state index < -0.39 is 5.82 Å². The van der Waals surface area contributed by atoms with Gasteiger partial charge < -0.3 is 14.8 Å². The van der Waals surface area contributed by atoms with Crippen LogP contribution in [0, 0.1) is 5.82 Å². The molecule has 1 N–H and O–H groups in total. The van der Waals surface area contributed by atoms with Crippen LogP contribution in [-0.4, -0.2) is 36.3 Å². The Morgan fingerprint density at radius 2 is 2.33 bits per heavy atom. The molecule has 3 rings (SSSR count). The van der Waals surface area contributed by atoms with E-state index in [4.69, 9.17) is 9.47 Å². The molecule has 0 spiro atoms. The molecule has 1 saturated heterocycles. The maximum absolute atomic E-state index is 13.7. The van der Waals surface area contributed by atoms with E-state index in [0.717, 1.165) is 37.8 Å². The second-order valence-electron chi connectivity index (χ2n) is 5.08. The van der Waals surface area contributed by atoms with Gasteiger partial charge in [0, 0.05) is 24.6 Å². The number of aromatic nitrogens is 2. The maximum Gasteiger partial charge on any atom is 0.167 e. The summed E-state index contributed by atoms with van der Waals surface area (Å²) in [6, 6.07) is 2.99. The fourth-order valence-electron chi connectivity index (χ4n) is 2.58. The van der Waals surface area contributed by atoms with Crippen molar-refractivity contribution in [2.45, 2.75) is 25.4 Å². The van der Waals surface area contributed by atoms with Crippen molar-refractivity contribution in [3.63, 3.8) is 0 Å². The largest absolute Gasteiger partial charge is 0.494 e. The summed E-state index contributed by atoms with van der Waals surface area (Å²) in [5.74, 6) is 0.463. The summed E-state index contributed by atoms with van der Waals surface area (Å²) < 4.78 is 24.3. The average molecular weight is 291 g/mol. The number of methoxy groups -OCH3 is 1. The van der Waals surface area contributed by atoms with Crippen LogP contribution in [0.5, 0.6) is 5.75 Å². The van der Waals surface area contributed by atoms with Gasteiger partial charge in [-0.25, -0.2) is 14.4 Å². The molecule has 1 unspecified atom stereocenters. The summed E-state index contributed by atoms with van der Waals surface area (Å²) in [7, 11) is 1.44. The molecule has 6 heteroatoms. The van der Waals surface area contributed by atoms with Crippen LogP contribution in [0.15, 0.2) is 18.5 Å². The van der Waals surface area contributed by atoms with Crippen LogP contribution in [0.2, 0.25) is 0 Å². The molecule has 0 bridgehead atoms. The number of fused-ring (bicyclic) bond motifs is 1. The van der Waals surface area contributed by atoms with Crippen molar-refractivity contribution in [1.82, 2.24) is 9.97 Å². The Morgan fingerprint density at radius 3 is 3.10 bits per heavy atom. The molecule has 2 aromatic rings. The molecular weight excluding hydrogens is 273 g/mol. The number of hydrogen-bond donors (Lipinski definition) is 1. The molecule has 0 amide bonds. The first-order chi connectivity index (χ1) is 10.3. The van der Waals surface area contributed by atoms with Crippen LogP contribution in [-0.2, 0) is 4.74 Å². The monoisotopic (exact) mass is 291 g/mol. The van der Waals surface area contributed by atoms with E-state index in [1.165, 1.54) is 19.5 Å². The summed E-state index contributed by atoms with van der Waals surface area (Å²) in [6.45, 7) is 1.62. The van der Waals surface area contributed by atoms with Gasteiger partial charge in [0.1, 0.15) is 12.1 Å². The quantitative estimate of drug-likeness (QED) is 0.918. The molecule has 0 aliphatic carbocycles. The molecule has 1 fully saturated rings. The molecule has 1 aromatic heterocycles. The molecule has 1 atom stereocenters. The summed E-state index contributed by atoms with van der Waals surface area (Å²) in [5.41, 5.74) is 0.558. The Morgan fingerprint density at radius 1 is 1.43 bits per heavy atom. The second kappa shape index (κ2) is 6.22. The van der Waals surface area contributed by atoms with Gasteiger partial charge in [-0.1, -0.05) is 0 Å². The van der Waals surface area contributed by atoms with Gasteiger partial charge in [0.2, 0.25) is 0 Å². The van der Waals surface area contributed by atoms with Gasteiger partial charge in [0.15, 0.2) is 11.6 Å². The predicted molar refractivity (Wildman–Crippen MR) is 78.1 cm³/mol. The van der Waals surface area contributed by atoms with Crippen molar-refractivity contribution in [1.29, 1.82) is 0 Å². The van der Waals surface area contributed by atoms with Gasteiger partial charge in [-0.05, 0) is 25.3 Å². The van der Waals surface area contributed by atoms with Crippen molar-refractivity contribution >= 4 is 16.7 Å². The first kappa shape index (κ1) is 14.0. The van der Waals surface area contributed by atoms with E-state index in [-0.39, 0.29) is 5.75 Å². The third kappa shape index (κ3) is 3.05. The van der Waals surface area contributed by atoms with Crippen molar-refractivity contribution < 1.29 is 13.9 Å². The van der Waals surface area contributed by atoms with Crippen molar-refractivity contribution in [3.8, 4) is 5.75 Å². The molecule has 2 heterocycles. The summed E-state index contributed by atoms with van der Waals surface area (Å²) in [6.07, 6.45) is 4.95. The molecule has 1 aromatic carbocycles. The lowest BCUT2D eigenvalue weighted by Gasteiger charge is -2.12. The Balaban J connectivity index is 1.77. The lowest BCUT2D eigenvalue weighted by molar-refractivity contribution is 0.107. The van der Waals surface area contributed by atoms with Crippen molar-refractivity contribution in [3.05, 3.63) is 24.3 Å². The topological polar surface area (TPSA) is 56.3 Å². The molecule has 5 nitrogen and oxygen atoms in total. The minimum absolute atomic E-state index is 0.194. The highest BCUT2D eigenvalue weighted by molar-refractivity contribution is 5.90. The highest BCUT2D eigenvalue weighted by Gasteiger charge is 2.15. The highest BCUT2D eigenvalue weighted by Crippen LogP contribution is 2.27. The zero-order valence-corrected chi connectivity index (χ0v) is 11.9. The SMILES string of the molecule is COc1cc2c(NCCC3CCCO3)ncnc2cc1F. The predicted octanol–water partition coefficient (Wildman–Crippen LogP) is 2.76. The molecule has 0 radical (unpaired) electrons. The Bertz CT molecular complexity index is 630. The Kier molecular flexibility index (Phi) is 4.15. The van der Waals surface area contributed by atoms with Crippen LogP contribution in [0.1, 0.15) is 19.3 Å². The van der Waals surface area contributed by atoms with E-state index in [1.54, 1.807) is 6.07 Å². The summed E-state index contributed by atoms with van der Waals surface area (Å²) in [5, 5.41) is 4.03. The maximum atomic E-state index is 13.7. The van der Waals surface area contributed by atoms with Crippen LogP contribution in [0.3, 0.4) is 0 Å². The van der Waals surface area contributed by atoms with Crippen LogP contribution in [0.25, 0.3) is 10.9 Å². The van der Waals surface area contributed by atoms with E-state index in [2.05, 4.69) is 15.3 Å². The van der Waals surface area contributed by atoms with E-state index in [1.807, 2.05) is 0 Å². The third-order valence-corrected chi connectivity index (χ3v) is 3.69. The summed E-state index contributed by atoms with van der Waals surface area (Å²) in [4.78, 5) is 8.33. The first-order valence-electron chi connectivity index (χ1n) is 7.11. The number of nitrogens with one attached hydrogen (secondary N) is 1. The lowest BCUT2D eigenvalue weighted by Crippen LogP contribution is -2.13. The summed E-state index contributed by atoms with van der Waals surface area (Å²) >= 11 is 0. The number of benzene rings is 1. The fraction of sp³-hybridized carbons (Fsp3) is 0.467. The van der Waals surface area contributed by atoms with Gasteiger partial charge >= 0.3 is 0 Å². The molecule has 0 saturated carbocycles. The zero-order valence-electron chi connectivity index (χ0n) is 11.9. The number of nitrogens with zero attached hydrogens (tertiary/aromatic N) is 2. The minimum atomic E-state index is -0.422. The van der Waals surface area contributed by atoms with Crippen LogP contribution < -0.4 is 10.1 Å². The number of halogens is 1. The van der Waals surface area contributed by atoms with Gasteiger partial charge in [-0.3, -0.25) is 0 Å². The molecule has 112 valence electrons. The smallest absolute Gasteiger partial charge is 0.167 e. The number of anilines is 1. The second-order valence-corrected chi connectivity index (χ2v) is 5.08. The number of rotatable bonds is 5. The minimum Gasteiger partial charge on any atom is -0.494 e. The average Bonchev–Trinajstić information content (AvgIpc) is 3.00.